The maximum absolute atomic E-state index is 12.5. The molecule has 2 N–H and O–H groups in total. The normalized spacial score (nSPS) is 17.0. The van der Waals surface area contributed by atoms with Crippen molar-refractivity contribution in [2.75, 3.05) is 13.1 Å². The fourth-order valence-electron chi connectivity index (χ4n) is 3.20. The third-order valence-corrected chi connectivity index (χ3v) is 5.16. The van der Waals surface area contributed by atoms with E-state index in [1.165, 1.54) is 0 Å². The summed E-state index contributed by atoms with van der Waals surface area (Å²) < 4.78 is 0. The van der Waals surface area contributed by atoms with Gasteiger partial charge >= 0.3 is 0 Å². The summed E-state index contributed by atoms with van der Waals surface area (Å²) in [5.41, 5.74) is 2.00. The lowest BCUT2D eigenvalue weighted by atomic mass is 9.97. The Morgan fingerprint density at radius 3 is 2.08 bits per heavy atom. The van der Waals surface area contributed by atoms with Crippen LogP contribution in [0.2, 0.25) is 10.0 Å². The lowest BCUT2D eigenvalue weighted by Crippen LogP contribution is -2.29. The van der Waals surface area contributed by atoms with Gasteiger partial charge in [-0.05, 0) is 67.2 Å². The van der Waals surface area contributed by atoms with Gasteiger partial charge in [-0.25, -0.2) is 0 Å². The summed E-state index contributed by atoms with van der Waals surface area (Å²) in [5, 5.41) is 7.87. The molecule has 3 nitrogen and oxygen atoms in total. The summed E-state index contributed by atoms with van der Waals surface area (Å²) >= 11 is 12.0. The standard InChI is InChI=1S/C20H22Cl2N2O/c21-17-6-2-15(3-7-17)20(16-4-8-18(22)9-5-16)24-19(25)10-1-14-11-12-23-13-14/h2-9,14,20,23H,1,10-13H2,(H,24,25). The van der Waals surface area contributed by atoms with Gasteiger partial charge in [0.2, 0.25) is 5.91 Å². The van der Waals surface area contributed by atoms with Crippen molar-refractivity contribution in [1.82, 2.24) is 10.6 Å². The van der Waals surface area contributed by atoms with Gasteiger partial charge in [-0.2, -0.15) is 0 Å². The van der Waals surface area contributed by atoms with Crippen LogP contribution in [0.25, 0.3) is 0 Å². The average Bonchev–Trinajstić information content (AvgIpc) is 3.13. The molecule has 1 aliphatic heterocycles. The van der Waals surface area contributed by atoms with E-state index in [9.17, 15) is 4.79 Å². The molecule has 0 radical (unpaired) electrons. The van der Waals surface area contributed by atoms with Crippen LogP contribution in [0, 0.1) is 5.92 Å². The van der Waals surface area contributed by atoms with E-state index in [0.29, 0.717) is 22.4 Å². The summed E-state index contributed by atoms with van der Waals surface area (Å²) in [6.45, 7) is 2.08. The third-order valence-electron chi connectivity index (χ3n) is 4.65. The first kappa shape index (κ1) is 18.2. The Bertz CT molecular complexity index is 649. The summed E-state index contributed by atoms with van der Waals surface area (Å²) in [5.74, 6) is 0.678. The minimum absolute atomic E-state index is 0.0711. The molecule has 1 fully saturated rings. The number of rotatable bonds is 6. The van der Waals surface area contributed by atoms with Gasteiger partial charge < -0.3 is 10.6 Å². The van der Waals surface area contributed by atoms with Crippen LogP contribution < -0.4 is 10.6 Å². The number of hydrogen-bond donors (Lipinski definition) is 2. The smallest absolute Gasteiger partial charge is 0.220 e. The number of halogens is 2. The van der Waals surface area contributed by atoms with Crippen molar-refractivity contribution in [3.05, 3.63) is 69.7 Å². The van der Waals surface area contributed by atoms with Crippen LogP contribution in [0.5, 0.6) is 0 Å². The van der Waals surface area contributed by atoms with Gasteiger partial charge in [0.15, 0.2) is 0 Å². The number of benzene rings is 2. The van der Waals surface area contributed by atoms with Gasteiger partial charge in [0.1, 0.15) is 0 Å². The second-order valence-corrected chi connectivity index (χ2v) is 7.37. The molecule has 2 aromatic carbocycles. The Kier molecular flexibility index (Phi) is 6.35. The summed E-state index contributed by atoms with van der Waals surface area (Å²) in [4.78, 5) is 12.5. The average molecular weight is 377 g/mol. The van der Waals surface area contributed by atoms with E-state index in [4.69, 9.17) is 23.2 Å². The molecule has 132 valence electrons. The maximum Gasteiger partial charge on any atom is 0.220 e. The van der Waals surface area contributed by atoms with Crippen molar-refractivity contribution >= 4 is 29.1 Å². The molecule has 1 amide bonds. The molecule has 5 heteroatoms. The quantitative estimate of drug-likeness (QED) is 0.773. The summed E-state index contributed by atoms with van der Waals surface area (Å²) in [7, 11) is 0. The highest BCUT2D eigenvalue weighted by Crippen LogP contribution is 2.25. The van der Waals surface area contributed by atoms with Crippen LogP contribution in [-0.2, 0) is 4.79 Å². The predicted molar refractivity (Wildman–Crippen MR) is 103 cm³/mol. The van der Waals surface area contributed by atoms with Crippen molar-refractivity contribution in [3.8, 4) is 0 Å². The third kappa shape index (κ3) is 5.21. The first-order valence-corrected chi connectivity index (χ1v) is 9.38. The van der Waals surface area contributed by atoms with Crippen molar-refractivity contribution < 1.29 is 4.79 Å². The van der Waals surface area contributed by atoms with E-state index in [1.807, 2.05) is 48.5 Å². The van der Waals surface area contributed by atoms with Gasteiger partial charge in [-0.15, -0.1) is 0 Å². The zero-order chi connectivity index (χ0) is 17.6. The van der Waals surface area contributed by atoms with Gasteiger partial charge in [0, 0.05) is 16.5 Å². The van der Waals surface area contributed by atoms with Gasteiger partial charge in [0.25, 0.3) is 0 Å². The molecule has 1 saturated heterocycles. The zero-order valence-corrected chi connectivity index (χ0v) is 15.5. The van der Waals surface area contributed by atoms with Gasteiger partial charge in [0.05, 0.1) is 6.04 Å². The second-order valence-electron chi connectivity index (χ2n) is 6.50. The maximum atomic E-state index is 12.5. The first-order chi connectivity index (χ1) is 12.1. The molecule has 1 atom stereocenters. The molecular formula is C20H22Cl2N2O. The van der Waals surface area contributed by atoms with Crippen LogP contribution in [0.3, 0.4) is 0 Å². The molecule has 1 aliphatic rings. The Hall–Kier alpha value is -1.55. The second kappa shape index (κ2) is 8.70. The van der Waals surface area contributed by atoms with Gasteiger partial charge in [-0.3, -0.25) is 4.79 Å². The fourth-order valence-corrected chi connectivity index (χ4v) is 3.45. The molecule has 0 spiro atoms. The van der Waals surface area contributed by atoms with Crippen LogP contribution in [-0.4, -0.2) is 19.0 Å². The zero-order valence-electron chi connectivity index (χ0n) is 14.0. The molecule has 1 heterocycles. The molecule has 0 bridgehead atoms. The minimum atomic E-state index is -0.205. The first-order valence-electron chi connectivity index (χ1n) is 8.63. The molecular weight excluding hydrogens is 355 g/mol. The highest BCUT2D eigenvalue weighted by atomic mass is 35.5. The van der Waals surface area contributed by atoms with Crippen LogP contribution in [0.15, 0.2) is 48.5 Å². The highest BCUT2D eigenvalue weighted by Gasteiger charge is 2.19. The van der Waals surface area contributed by atoms with Crippen molar-refractivity contribution in [1.29, 1.82) is 0 Å². The van der Waals surface area contributed by atoms with E-state index in [2.05, 4.69) is 10.6 Å². The largest absolute Gasteiger partial charge is 0.345 e. The molecule has 2 aromatic rings. The fraction of sp³-hybridized carbons (Fsp3) is 0.350. The monoisotopic (exact) mass is 376 g/mol. The Morgan fingerprint density at radius 2 is 1.60 bits per heavy atom. The van der Waals surface area contributed by atoms with Crippen LogP contribution in [0.4, 0.5) is 0 Å². The van der Waals surface area contributed by atoms with E-state index in [0.717, 1.165) is 37.1 Å². The van der Waals surface area contributed by atoms with E-state index >= 15 is 0 Å². The topological polar surface area (TPSA) is 41.1 Å². The molecule has 1 unspecified atom stereocenters. The summed E-state index contributed by atoms with van der Waals surface area (Å²) in [6, 6.07) is 15.0. The number of hydrogen-bond acceptors (Lipinski definition) is 2. The molecule has 3 rings (SSSR count). The van der Waals surface area contributed by atoms with Crippen molar-refractivity contribution in [3.63, 3.8) is 0 Å². The lowest BCUT2D eigenvalue weighted by molar-refractivity contribution is -0.121. The minimum Gasteiger partial charge on any atom is -0.345 e. The van der Waals surface area contributed by atoms with Crippen molar-refractivity contribution in [2.24, 2.45) is 5.92 Å². The lowest BCUT2D eigenvalue weighted by Gasteiger charge is -2.20. The molecule has 0 saturated carbocycles. The van der Waals surface area contributed by atoms with E-state index < -0.39 is 0 Å². The Balaban J connectivity index is 1.72. The molecule has 0 aliphatic carbocycles. The Labute approximate surface area is 158 Å². The molecule has 25 heavy (non-hydrogen) atoms. The summed E-state index contributed by atoms with van der Waals surface area (Å²) in [6.07, 6.45) is 2.63. The SMILES string of the molecule is O=C(CCC1CCNC1)NC(c1ccc(Cl)cc1)c1ccc(Cl)cc1. The van der Waals surface area contributed by atoms with E-state index in [1.54, 1.807) is 0 Å². The number of carbonyl (C=O) groups is 1. The number of nitrogens with one attached hydrogen (secondary N) is 2. The predicted octanol–water partition coefficient (Wildman–Crippen LogP) is 4.59. The highest BCUT2D eigenvalue weighted by molar-refractivity contribution is 6.30. The van der Waals surface area contributed by atoms with Crippen molar-refractivity contribution in [2.45, 2.75) is 25.3 Å². The van der Waals surface area contributed by atoms with Crippen LogP contribution in [0.1, 0.15) is 36.4 Å². The van der Waals surface area contributed by atoms with E-state index in [-0.39, 0.29) is 11.9 Å². The molecule has 0 aromatic heterocycles. The Morgan fingerprint density at radius 1 is 1.04 bits per heavy atom. The van der Waals surface area contributed by atoms with Gasteiger partial charge in [-0.1, -0.05) is 47.5 Å². The number of carbonyl (C=O) groups excluding carboxylic acids is 1. The van der Waals surface area contributed by atoms with Crippen LogP contribution >= 0.6 is 23.2 Å². The number of amides is 1.